The number of aliphatic hydroxyl groups excluding tert-OH is 1. The molecule has 1 saturated carbocycles. The minimum atomic E-state index is -0.705. The van der Waals surface area contributed by atoms with Crippen LogP contribution in [0.3, 0.4) is 0 Å². The SMILES string of the molecule is CC1(C)O[C@@H]2[C@H](O1)[C@@H](OCc1ccccc1)C[C@H]2C(O)CNc1nccnc1Cl. The molecule has 2 fully saturated rings. The van der Waals surface area contributed by atoms with Gasteiger partial charge in [-0.3, -0.25) is 0 Å². The number of benzene rings is 1. The summed E-state index contributed by atoms with van der Waals surface area (Å²) in [4.78, 5) is 8.13. The lowest BCUT2D eigenvalue weighted by Crippen LogP contribution is -2.37. The average Bonchev–Trinajstić information content (AvgIpc) is 3.19. The number of fused-ring (bicyclic) bond motifs is 1. The second-order valence-electron chi connectivity index (χ2n) is 7.94. The van der Waals surface area contributed by atoms with Crippen molar-refractivity contribution in [3.8, 4) is 0 Å². The highest BCUT2D eigenvalue weighted by Gasteiger charge is 2.56. The molecule has 5 atom stereocenters. The van der Waals surface area contributed by atoms with Gasteiger partial charge in [-0.05, 0) is 25.8 Å². The number of hydrogen-bond acceptors (Lipinski definition) is 7. The van der Waals surface area contributed by atoms with Crippen LogP contribution in [0.15, 0.2) is 42.7 Å². The highest BCUT2D eigenvalue weighted by Crippen LogP contribution is 2.44. The first-order valence-corrected chi connectivity index (χ1v) is 10.2. The van der Waals surface area contributed by atoms with Crippen LogP contribution in [0.1, 0.15) is 25.8 Å². The van der Waals surface area contributed by atoms with Crippen LogP contribution in [-0.4, -0.2) is 51.8 Å². The van der Waals surface area contributed by atoms with E-state index in [1.165, 1.54) is 6.20 Å². The van der Waals surface area contributed by atoms with Crippen LogP contribution in [0.4, 0.5) is 5.82 Å². The van der Waals surface area contributed by atoms with Crippen molar-refractivity contribution in [2.24, 2.45) is 5.92 Å². The molecule has 156 valence electrons. The van der Waals surface area contributed by atoms with E-state index in [0.717, 1.165) is 5.56 Å². The van der Waals surface area contributed by atoms with Gasteiger partial charge in [-0.2, -0.15) is 0 Å². The van der Waals surface area contributed by atoms with Gasteiger partial charge in [0.2, 0.25) is 0 Å². The molecule has 2 heterocycles. The van der Waals surface area contributed by atoms with Gasteiger partial charge >= 0.3 is 0 Å². The zero-order valence-corrected chi connectivity index (χ0v) is 17.2. The molecular formula is C21H26ClN3O4. The van der Waals surface area contributed by atoms with Crippen molar-refractivity contribution >= 4 is 17.4 Å². The summed E-state index contributed by atoms with van der Waals surface area (Å²) in [6.07, 6.45) is 2.44. The molecule has 1 saturated heterocycles. The van der Waals surface area contributed by atoms with Crippen molar-refractivity contribution in [3.63, 3.8) is 0 Å². The van der Waals surface area contributed by atoms with Crippen LogP contribution >= 0.6 is 11.6 Å². The van der Waals surface area contributed by atoms with Crippen molar-refractivity contribution in [2.75, 3.05) is 11.9 Å². The maximum Gasteiger partial charge on any atom is 0.171 e. The van der Waals surface area contributed by atoms with Gasteiger partial charge in [0.05, 0.1) is 24.9 Å². The number of ether oxygens (including phenoxy) is 3. The van der Waals surface area contributed by atoms with E-state index in [9.17, 15) is 5.11 Å². The van der Waals surface area contributed by atoms with E-state index in [-0.39, 0.29) is 35.9 Å². The third kappa shape index (κ3) is 4.70. The molecule has 1 aliphatic heterocycles. The van der Waals surface area contributed by atoms with Crippen LogP contribution in [-0.2, 0) is 20.8 Å². The van der Waals surface area contributed by atoms with Crippen molar-refractivity contribution in [3.05, 3.63) is 53.4 Å². The van der Waals surface area contributed by atoms with E-state index in [0.29, 0.717) is 18.8 Å². The Bertz CT molecular complexity index is 823. The lowest BCUT2D eigenvalue weighted by Gasteiger charge is -2.26. The summed E-state index contributed by atoms with van der Waals surface area (Å²) in [6.45, 7) is 4.55. The number of aromatic nitrogens is 2. The summed E-state index contributed by atoms with van der Waals surface area (Å²) in [5.74, 6) is -0.391. The second-order valence-corrected chi connectivity index (χ2v) is 8.30. The van der Waals surface area contributed by atoms with Crippen molar-refractivity contribution in [1.29, 1.82) is 0 Å². The van der Waals surface area contributed by atoms with Gasteiger partial charge in [0.1, 0.15) is 6.10 Å². The van der Waals surface area contributed by atoms with Crippen LogP contribution in [0.25, 0.3) is 0 Å². The number of hydrogen-bond donors (Lipinski definition) is 2. The van der Waals surface area contributed by atoms with Gasteiger partial charge in [-0.25, -0.2) is 9.97 Å². The quantitative estimate of drug-likeness (QED) is 0.713. The number of halogens is 1. The van der Waals surface area contributed by atoms with Gasteiger partial charge in [0, 0.05) is 24.9 Å². The van der Waals surface area contributed by atoms with Gasteiger partial charge in [0.15, 0.2) is 16.8 Å². The average molecular weight is 420 g/mol. The lowest BCUT2D eigenvalue weighted by atomic mass is 9.98. The molecule has 0 spiro atoms. The van der Waals surface area contributed by atoms with E-state index < -0.39 is 11.9 Å². The topological polar surface area (TPSA) is 85.7 Å². The standard InChI is InChI=1S/C21H26ClN3O4/c1-21(2)28-17-14(15(26)11-25-20-19(22)23-8-9-24-20)10-16(18(17)29-21)27-12-13-6-4-3-5-7-13/h3-9,14-18,26H,10-12H2,1-2H3,(H,24,25)/t14-,15?,16-,17-,18+/m0/s1. The first kappa shape index (κ1) is 20.5. The number of nitrogens with one attached hydrogen (secondary N) is 1. The normalized spacial score (nSPS) is 28.8. The Labute approximate surface area is 175 Å². The molecule has 7 nitrogen and oxygen atoms in total. The largest absolute Gasteiger partial charge is 0.391 e. The molecule has 1 unspecified atom stereocenters. The zero-order chi connectivity index (χ0) is 20.4. The van der Waals surface area contributed by atoms with Gasteiger partial charge < -0.3 is 24.6 Å². The molecular weight excluding hydrogens is 394 g/mol. The molecule has 2 aromatic rings. The highest BCUT2D eigenvalue weighted by atomic mass is 35.5. The second kappa shape index (κ2) is 8.53. The fourth-order valence-corrected chi connectivity index (χ4v) is 4.25. The van der Waals surface area contributed by atoms with Crippen molar-refractivity contribution < 1.29 is 19.3 Å². The summed E-state index contributed by atoms with van der Waals surface area (Å²) in [5.41, 5.74) is 1.10. The predicted octanol–water partition coefficient (Wildman–Crippen LogP) is 3.03. The molecule has 1 aliphatic carbocycles. The summed E-state index contributed by atoms with van der Waals surface area (Å²) in [5, 5.41) is 14.2. The number of rotatable bonds is 7. The Morgan fingerprint density at radius 3 is 2.69 bits per heavy atom. The molecule has 1 aromatic carbocycles. The molecule has 29 heavy (non-hydrogen) atoms. The Hall–Kier alpha value is -1.77. The van der Waals surface area contributed by atoms with E-state index in [2.05, 4.69) is 15.3 Å². The lowest BCUT2D eigenvalue weighted by molar-refractivity contribution is -0.175. The monoisotopic (exact) mass is 419 g/mol. The van der Waals surface area contributed by atoms with E-state index in [4.69, 9.17) is 25.8 Å². The van der Waals surface area contributed by atoms with Gasteiger partial charge in [-0.15, -0.1) is 0 Å². The Morgan fingerprint density at radius 2 is 1.93 bits per heavy atom. The van der Waals surface area contributed by atoms with Crippen LogP contribution in [0.2, 0.25) is 5.15 Å². The molecule has 0 radical (unpaired) electrons. The smallest absolute Gasteiger partial charge is 0.171 e. The third-order valence-electron chi connectivity index (χ3n) is 5.39. The summed E-state index contributed by atoms with van der Waals surface area (Å²) in [7, 11) is 0. The molecule has 0 bridgehead atoms. The number of anilines is 1. The Kier molecular flexibility index (Phi) is 6.03. The maximum atomic E-state index is 10.9. The third-order valence-corrected chi connectivity index (χ3v) is 5.67. The highest BCUT2D eigenvalue weighted by molar-refractivity contribution is 6.31. The predicted molar refractivity (Wildman–Crippen MR) is 108 cm³/mol. The molecule has 4 rings (SSSR count). The summed E-state index contributed by atoms with van der Waals surface area (Å²) < 4.78 is 18.4. The zero-order valence-electron chi connectivity index (χ0n) is 16.5. The maximum absolute atomic E-state index is 10.9. The summed E-state index contributed by atoms with van der Waals surface area (Å²) in [6, 6.07) is 10.0. The van der Waals surface area contributed by atoms with E-state index in [1.54, 1.807) is 6.20 Å². The molecule has 0 amide bonds. The fraction of sp³-hybridized carbons (Fsp3) is 0.524. The van der Waals surface area contributed by atoms with Gasteiger partial charge in [-0.1, -0.05) is 41.9 Å². The van der Waals surface area contributed by atoms with E-state index >= 15 is 0 Å². The minimum absolute atomic E-state index is 0.134. The van der Waals surface area contributed by atoms with Crippen LogP contribution in [0.5, 0.6) is 0 Å². The molecule has 2 aliphatic rings. The van der Waals surface area contributed by atoms with Crippen LogP contribution in [0, 0.1) is 5.92 Å². The Balaban J connectivity index is 1.41. The number of nitrogens with zero attached hydrogens (tertiary/aromatic N) is 2. The molecule has 1 aromatic heterocycles. The first-order valence-electron chi connectivity index (χ1n) is 9.82. The number of aliphatic hydroxyl groups is 1. The summed E-state index contributed by atoms with van der Waals surface area (Å²) >= 11 is 6.03. The minimum Gasteiger partial charge on any atom is -0.391 e. The van der Waals surface area contributed by atoms with Gasteiger partial charge in [0.25, 0.3) is 0 Å². The first-order chi connectivity index (χ1) is 13.9. The Morgan fingerprint density at radius 1 is 1.21 bits per heavy atom. The fourth-order valence-electron chi connectivity index (χ4n) is 4.08. The molecule has 2 N–H and O–H groups in total. The van der Waals surface area contributed by atoms with Crippen LogP contribution < -0.4 is 5.32 Å². The van der Waals surface area contributed by atoms with Crippen molar-refractivity contribution in [2.45, 2.75) is 57.1 Å². The van der Waals surface area contributed by atoms with Crippen molar-refractivity contribution in [1.82, 2.24) is 9.97 Å². The van der Waals surface area contributed by atoms with E-state index in [1.807, 2.05) is 44.2 Å². The molecule has 8 heteroatoms.